The van der Waals surface area contributed by atoms with Crippen molar-refractivity contribution < 1.29 is 19.4 Å². The lowest BCUT2D eigenvalue weighted by atomic mass is 10.1. The second-order valence-corrected chi connectivity index (χ2v) is 5.93. The van der Waals surface area contributed by atoms with Crippen molar-refractivity contribution >= 4 is 28.0 Å². The van der Waals surface area contributed by atoms with Gasteiger partial charge in [-0.3, -0.25) is 9.58 Å². The van der Waals surface area contributed by atoms with E-state index in [0.717, 1.165) is 5.56 Å². The van der Waals surface area contributed by atoms with Gasteiger partial charge in [-0.25, -0.2) is 9.59 Å². The lowest BCUT2D eigenvalue weighted by Crippen LogP contribution is -2.45. The van der Waals surface area contributed by atoms with Crippen LogP contribution in [0.4, 0.5) is 4.79 Å². The first-order valence-corrected chi connectivity index (χ1v) is 7.78. The maximum absolute atomic E-state index is 12.3. The Hall–Kier alpha value is -2.35. The average Bonchev–Trinajstić information content (AvgIpc) is 2.94. The summed E-state index contributed by atoms with van der Waals surface area (Å²) in [6, 6.07) is 8.12. The van der Waals surface area contributed by atoms with Crippen LogP contribution in [0.3, 0.4) is 0 Å². The second kappa shape index (κ2) is 6.41. The number of benzene rings is 1. The van der Waals surface area contributed by atoms with Crippen LogP contribution in [0.1, 0.15) is 17.3 Å². The summed E-state index contributed by atoms with van der Waals surface area (Å²) in [4.78, 5) is 25.2. The molecule has 0 saturated heterocycles. The number of carbonyl (C=O) groups is 2. The van der Waals surface area contributed by atoms with Gasteiger partial charge in [0.15, 0.2) is 6.04 Å². The Bertz CT molecular complexity index is 732. The van der Waals surface area contributed by atoms with Crippen LogP contribution < -0.4 is 0 Å². The number of carboxylic acids is 1. The maximum Gasteiger partial charge on any atom is 0.411 e. The molecule has 1 atom stereocenters. The molecule has 7 nitrogen and oxygen atoms in total. The molecule has 3 rings (SSSR count). The lowest BCUT2D eigenvalue weighted by molar-refractivity contribution is -0.144. The third-order valence-electron chi connectivity index (χ3n) is 3.63. The largest absolute Gasteiger partial charge is 0.479 e. The van der Waals surface area contributed by atoms with E-state index in [2.05, 4.69) is 21.0 Å². The van der Waals surface area contributed by atoms with Crippen LogP contribution in [0.2, 0.25) is 0 Å². The number of halogens is 1. The summed E-state index contributed by atoms with van der Waals surface area (Å²) >= 11 is 3.29. The van der Waals surface area contributed by atoms with Crippen molar-refractivity contribution in [2.75, 3.05) is 6.54 Å². The van der Waals surface area contributed by atoms with Crippen LogP contribution in [0, 0.1) is 0 Å². The molecule has 2 heterocycles. The molecule has 1 aromatic carbocycles. The van der Waals surface area contributed by atoms with E-state index in [-0.39, 0.29) is 13.2 Å². The lowest BCUT2D eigenvalue weighted by Gasteiger charge is -2.33. The first-order valence-electron chi connectivity index (χ1n) is 6.99. The number of hydrogen-bond acceptors (Lipinski definition) is 4. The number of hydrogen-bond donors (Lipinski definition) is 1. The average molecular weight is 380 g/mol. The Kier molecular flexibility index (Phi) is 4.33. The topological polar surface area (TPSA) is 84.7 Å². The van der Waals surface area contributed by atoms with Gasteiger partial charge < -0.3 is 9.84 Å². The van der Waals surface area contributed by atoms with Gasteiger partial charge in [0.25, 0.3) is 0 Å². The fourth-order valence-corrected chi connectivity index (χ4v) is 3.06. The summed E-state index contributed by atoms with van der Waals surface area (Å²) in [5.41, 5.74) is 1.29. The highest BCUT2D eigenvalue weighted by Gasteiger charge is 2.39. The number of aromatic nitrogens is 2. The molecule has 8 heteroatoms. The zero-order chi connectivity index (χ0) is 16.4. The highest BCUT2D eigenvalue weighted by atomic mass is 79.9. The van der Waals surface area contributed by atoms with Crippen LogP contribution in [0.5, 0.6) is 0 Å². The first kappa shape index (κ1) is 15.5. The molecule has 0 saturated carbocycles. The minimum Gasteiger partial charge on any atom is -0.479 e. The number of carbonyl (C=O) groups excluding carboxylic acids is 1. The van der Waals surface area contributed by atoms with Crippen LogP contribution in [-0.4, -0.2) is 38.4 Å². The summed E-state index contributed by atoms with van der Waals surface area (Å²) in [5, 5.41) is 13.6. The molecule has 1 N–H and O–H groups in total. The smallest absolute Gasteiger partial charge is 0.411 e. The van der Waals surface area contributed by atoms with E-state index in [0.29, 0.717) is 16.7 Å². The number of rotatable bonds is 3. The fourth-order valence-electron chi connectivity index (χ4n) is 2.55. The van der Waals surface area contributed by atoms with Gasteiger partial charge >= 0.3 is 12.1 Å². The van der Waals surface area contributed by atoms with E-state index < -0.39 is 18.1 Å². The summed E-state index contributed by atoms with van der Waals surface area (Å²) in [5.74, 6) is -1.12. The number of fused-ring (bicyclic) bond motifs is 1. The van der Waals surface area contributed by atoms with Gasteiger partial charge in [-0.2, -0.15) is 5.10 Å². The molecule has 1 unspecified atom stereocenters. The molecule has 0 aliphatic carbocycles. The van der Waals surface area contributed by atoms with Gasteiger partial charge in [-0.15, -0.1) is 0 Å². The number of amides is 1. The number of nitrogens with zero attached hydrogens (tertiary/aromatic N) is 3. The van der Waals surface area contributed by atoms with Crippen molar-refractivity contribution in [1.29, 1.82) is 0 Å². The molecule has 0 spiro atoms. The number of carboxylic acid groups (broad SMARTS) is 1. The Labute approximate surface area is 140 Å². The highest BCUT2D eigenvalue weighted by Crippen LogP contribution is 2.32. The van der Waals surface area contributed by atoms with Gasteiger partial charge in [0, 0.05) is 6.54 Å². The minimum absolute atomic E-state index is 0.100. The molecule has 2 aromatic rings. The highest BCUT2D eigenvalue weighted by molar-refractivity contribution is 9.10. The molecule has 1 amide bonds. The van der Waals surface area contributed by atoms with E-state index in [4.69, 9.17) is 4.74 Å². The third kappa shape index (κ3) is 3.07. The first-order chi connectivity index (χ1) is 11.1. The van der Waals surface area contributed by atoms with E-state index in [1.165, 1.54) is 11.1 Å². The van der Waals surface area contributed by atoms with Gasteiger partial charge in [0.2, 0.25) is 0 Å². The summed E-state index contributed by atoms with van der Waals surface area (Å²) in [6.07, 6.45) is 0.880. The van der Waals surface area contributed by atoms with Gasteiger partial charge in [0.05, 0.1) is 22.9 Å². The predicted octanol–water partition coefficient (Wildman–Crippen LogP) is 2.42. The predicted molar refractivity (Wildman–Crippen MR) is 83.6 cm³/mol. The quantitative estimate of drug-likeness (QED) is 0.884. The van der Waals surface area contributed by atoms with Gasteiger partial charge in [-0.1, -0.05) is 30.3 Å². The van der Waals surface area contributed by atoms with E-state index in [1.807, 2.05) is 30.3 Å². The van der Waals surface area contributed by atoms with Crippen molar-refractivity contribution in [3.63, 3.8) is 0 Å². The van der Waals surface area contributed by atoms with Crippen molar-refractivity contribution in [3.05, 3.63) is 52.3 Å². The van der Waals surface area contributed by atoms with E-state index in [1.54, 1.807) is 4.68 Å². The molecule has 0 radical (unpaired) electrons. The zero-order valence-corrected chi connectivity index (χ0v) is 13.6. The molecule has 0 bridgehead atoms. The monoisotopic (exact) mass is 379 g/mol. The van der Waals surface area contributed by atoms with Gasteiger partial charge in [0.1, 0.15) is 6.61 Å². The summed E-state index contributed by atoms with van der Waals surface area (Å²) < 4.78 is 7.41. The Morgan fingerprint density at radius 1 is 1.30 bits per heavy atom. The Morgan fingerprint density at radius 3 is 2.74 bits per heavy atom. The van der Waals surface area contributed by atoms with E-state index in [9.17, 15) is 14.7 Å². The molecule has 0 fully saturated rings. The number of aliphatic carboxylic acids is 1. The van der Waals surface area contributed by atoms with Crippen molar-refractivity contribution in [2.24, 2.45) is 0 Å². The van der Waals surface area contributed by atoms with Crippen LogP contribution >= 0.6 is 15.9 Å². The normalized spacial score (nSPS) is 16.7. The second-order valence-electron chi connectivity index (χ2n) is 5.08. The Balaban J connectivity index is 1.77. The molecule has 23 heavy (non-hydrogen) atoms. The Morgan fingerprint density at radius 2 is 2.04 bits per heavy atom. The van der Waals surface area contributed by atoms with Crippen LogP contribution in [0.25, 0.3) is 0 Å². The molecule has 120 valence electrons. The molecule has 1 aliphatic rings. The minimum atomic E-state index is -1.12. The maximum atomic E-state index is 12.3. The molecule has 1 aromatic heterocycles. The number of ether oxygens (including phenoxy) is 1. The molecule has 1 aliphatic heterocycles. The fraction of sp³-hybridized carbons (Fsp3) is 0.267. The SMILES string of the molecule is O=C(O)C1c2c(Br)cnn2CCN1C(=O)OCc1ccccc1. The third-order valence-corrected chi connectivity index (χ3v) is 4.24. The summed E-state index contributed by atoms with van der Waals surface area (Å²) in [7, 11) is 0. The van der Waals surface area contributed by atoms with Crippen molar-refractivity contribution in [2.45, 2.75) is 19.2 Å². The van der Waals surface area contributed by atoms with Gasteiger partial charge in [-0.05, 0) is 21.5 Å². The van der Waals surface area contributed by atoms with Crippen molar-refractivity contribution in [3.8, 4) is 0 Å². The van der Waals surface area contributed by atoms with Crippen LogP contribution in [-0.2, 0) is 22.7 Å². The summed E-state index contributed by atoms with van der Waals surface area (Å²) in [6.45, 7) is 0.750. The van der Waals surface area contributed by atoms with Crippen LogP contribution in [0.15, 0.2) is 41.0 Å². The standard InChI is InChI=1S/C15H14BrN3O4/c16-11-8-17-19-7-6-18(13(12(11)19)14(20)21)15(22)23-9-10-4-2-1-3-5-10/h1-5,8,13H,6-7,9H2,(H,20,21). The molecular formula is C15H14BrN3O4. The van der Waals surface area contributed by atoms with Crippen molar-refractivity contribution in [1.82, 2.24) is 14.7 Å². The zero-order valence-electron chi connectivity index (χ0n) is 12.1. The van der Waals surface area contributed by atoms with E-state index >= 15 is 0 Å². The molecular weight excluding hydrogens is 366 g/mol.